The zero-order valence-corrected chi connectivity index (χ0v) is 32.9. The maximum Gasteiger partial charge on any atom is 0.0728 e. The Balaban J connectivity index is 2.69. The minimum atomic E-state index is 0.00581. The van der Waals surface area contributed by atoms with Crippen LogP contribution in [0.1, 0.15) is 129 Å². The molecular formula is C40H66O4S2. The van der Waals surface area contributed by atoms with Gasteiger partial charge in [0.05, 0.1) is 13.2 Å². The van der Waals surface area contributed by atoms with E-state index in [1.165, 1.54) is 43.2 Å². The van der Waals surface area contributed by atoms with E-state index in [0.717, 1.165) is 38.9 Å². The first-order valence-electron chi connectivity index (χ1n) is 17.5. The van der Waals surface area contributed by atoms with Crippen molar-refractivity contribution in [1.82, 2.24) is 0 Å². The predicted molar refractivity (Wildman–Crippen MR) is 200 cm³/mol. The normalized spacial score (nSPS) is 14.0. The van der Waals surface area contributed by atoms with Crippen molar-refractivity contribution in [3.63, 3.8) is 0 Å². The smallest absolute Gasteiger partial charge is 0.0728 e. The van der Waals surface area contributed by atoms with E-state index in [2.05, 4.69) is 107 Å². The Morgan fingerprint density at radius 2 is 0.891 bits per heavy atom. The molecule has 0 aromatic heterocycles. The molecule has 4 nitrogen and oxygen atoms in total. The van der Waals surface area contributed by atoms with Crippen molar-refractivity contribution in [3.8, 4) is 0 Å². The number of aryl methyl sites for hydroxylation is 2. The second-order valence-corrected chi connectivity index (χ2v) is 18.5. The molecule has 0 saturated heterocycles. The summed E-state index contributed by atoms with van der Waals surface area (Å²) in [6.07, 6.45) is 3.73. The number of benzene rings is 2. The van der Waals surface area contributed by atoms with Crippen molar-refractivity contribution < 1.29 is 19.7 Å². The minimum absolute atomic E-state index is 0.00581. The Morgan fingerprint density at radius 1 is 0.565 bits per heavy atom. The van der Waals surface area contributed by atoms with Gasteiger partial charge in [-0.15, -0.1) is 0 Å². The summed E-state index contributed by atoms with van der Waals surface area (Å²) in [5, 5.41) is 19.7. The molecule has 262 valence electrons. The van der Waals surface area contributed by atoms with Gasteiger partial charge in [0.2, 0.25) is 0 Å². The first kappa shape index (κ1) is 41.2. The van der Waals surface area contributed by atoms with Crippen LogP contribution in [-0.2, 0) is 46.4 Å². The highest BCUT2D eigenvalue weighted by molar-refractivity contribution is 8.76. The number of aliphatic hydroxyl groups is 2. The van der Waals surface area contributed by atoms with E-state index in [-0.39, 0.29) is 35.9 Å². The Bertz CT molecular complexity index is 1120. The number of aliphatic hydroxyl groups excluding tert-OH is 2. The van der Waals surface area contributed by atoms with E-state index in [1.807, 2.05) is 21.6 Å². The number of hydrogen-bond donors (Lipinski definition) is 2. The highest BCUT2D eigenvalue weighted by Gasteiger charge is 2.24. The van der Waals surface area contributed by atoms with Gasteiger partial charge in [0.15, 0.2) is 0 Å². The van der Waals surface area contributed by atoms with Crippen molar-refractivity contribution in [2.24, 2.45) is 23.7 Å². The molecule has 2 atom stereocenters. The van der Waals surface area contributed by atoms with Crippen molar-refractivity contribution in [2.75, 3.05) is 26.4 Å². The van der Waals surface area contributed by atoms with Gasteiger partial charge in [-0.25, -0.2) is 0 Å². The fourth-order valence-electron chi connectivity index (χ4n) is 5.05. The zero-order valence-electron chi connectivity index (χ0n) is 31.2. The zero-order chi connectivity index (χ0) is 34.7. The summed E-state index contributed by atoms with van der Waals surface area (Å²) in [4.78, 5) is 2.58. The van der Waals surface area contributed by atoms with Crippen LogP contribution in [0.4, 0.5) is 0 Å². The number of ether oxygens (including phenoxy) is 2. The highest BCUT2D eigenvalue weighted by Crippen LogP contribution is 2.47. The second kappa shape index (κ2) is 19.2. The van der Waals surface area contributed by atoms with Crippen LogP contribution in [0.25, 0.3) is 0 Å². The lowest BCUT2D eigenvalue weighted by Gasteiger charge is -2.26. The third-order valence-corrected chi connectivity index (χ3v) is 11.0. The molecule has 2 N–H and O–H groups in total. The van der Waals surface area contributed by atoms with Crippen molar-refractivity contribution in [2.45, 2.75) is 143 Å². The quantitative estimate of drug-likeness (QED) is 0.145. The maximum atomic E-state index is 9.84. The first-order valence-corrected chi connectivity index (χ1v) is 19.6. The predicted octanol–water partition coefficient (Wildman–Crippen LogP) is 10.5. The summed E-state index contributed by atoms with van der Waals surface area (Å²) < 4.78 is 12.6. The van der Waals surface area contributed by atoms with Gasteiger partial charge in [0.1, 0.15) is 0 Å². The number of hydrogen-bond acceptors (Lipinski definition) is 6. The van der Waals surface area contributed by atoms with Gasteiger partial charge >= 0.3 is 0 Å². The average Bonchev–Trinajstić information content (AvgIpc) is 2.96. The summed E-state index contributed by atoms with van der Waals surface area (Å²) >= 11 is 0. The van der Waals surface area contributed by atoms with Crippen LogP contribution in [0, 0.1) is 23.7 Å². The first-order chi connectivity index (χ1) is 21.5. The van der Waals surface area contributed by atoms with E-state index in [1.54, 1.807) is 0 Å². The molecule has 0 aliphatic rings. The Hall–Kier alpha value is -1.02. The molecule has 0 amide bonds. The van der Waals surface area contributed by atoms with Gasteiger partial charge in [-0.1, -0.05) is 129 Å². The molecule has 0 fully saturated rings. The fourth-order valence-corrected chi connectivity index (χ4v) is 7.99. The molecule has 46 heavy (non-hydrogen) atoms. The summed E-state index contributed by atoms with van der Waals surface area (Å²) in [7, 11) is 3.71. The van der Waals surface area contributed by atoms with Crippen LogP contribution in [-0.4, -0.2) is 36.6 Å². The van der Waals surface area contributed by atoms with Gasteiger partial charge in [0.25, 0.3) is 0 Å². The lowest BCUT2D eigenvalue weighted by atomic mass is 9.83. The van der Waals surface area contributed by atoms with E-state index >= 15 is 0 Å². The van der Waals surface area contributed by atoms with Gasteiger partial charge in [-0.3, -0.25) is 0 Å². The molecule has 0 aliphatic heterocycles. The SMILES string of the molecule is CC(C)COCc1cc(C(C)(C)C)cc(COCC(C)C)c1SSc1c(CCC(C)CO)cc(C(C)(C)C)cc1CCC(C)CO. The van der Waals surface area contributed by atoms with Crippen LogP contribution in [0.2, 0.25) is 0 Å². The third-order valence-electron chi connectivity index (χ3n) is 8.28. The summed E-state index contributed by atoms with van der Waals surface area (Å²) in [5.74, 6) is 1.44. The fraction of sp³-hybridized carbons (Fsp3) is 0.700. The Kier molecular flexibility index (Phi) is 17.2. The van der Waals surface area contributed by atoms with Crippen LogP contribution in [0.3, 0.4) is 0 Å². The topological polar surface area (TPSA) is 58.9 Å². The lowest BCUT2D eigenvalue weighted by Crippen LogP contribution is -2.15. The average molecular weight is 675 g/mol. The standard InChI is InChI=1S/C40H66O4S2/c1-27(2)23-43-25-33-19-36(40(10,11)12)20-34(26-44-24-28(3)4)38(33)46-45-37-31(15-13-29(5)21-41)17-35(39(7,8)9)18-32(37)16-14-30(6)22-42/h17-20,27-30,41-42H,13-16,21-26H2,1-12H3. The molecule has 0 radical (unpaired) electrons. The van der Waals surface area contributed by atoms with Crippen molar-refractivity contribution in [3.05, 3.63) is 57.6 Å². The van der Waals surface area contributed by atoms with E-state index in [4.69, 9.17) is 9.47 Å². The molecule has 2 rings (SSSR count). The van der Waals surface area contributed by atoms with Crippen LogP contribution < -0.4 is 0 Å². The molecule has 0 bridgehead atoms. The Labute approximate surface area is 290 Å². The summed E-state index contributed by atoms with van der Waals surface area (Å²) in [5.41, 5.74) is 7.86. The molecule has 0 saturated carbocycles. The summed E-state index contributed by atoms with van der Waals surface area (Å²) in [6.45, 7) is 29.7. The largest absolute Gasteiger partial charge is 0.396 e. The molecule has 0 aliphatic carbocycles. The molecule has 6 heteroatoms. The molecule has 2 unspecified atom stereocenters. The number of rotatable bonds is 19. The van der Waals surface area contributed by atoms with Gasteiger partial charge in [-0.2, -0.15) is 0 Å². The Morgan fingerprint density at radius 3 is 1.20 bits per heavy atom. The van der Waals surface area contributed by atoms with Crippen LogP contribution in [0.5, 0.6) is 0 Å². The molecular weight excluding hydrogens is 609 g/mol. The lowest BCUT2D eigenvalue weighted by molar-refractivity contribution is 0.0907. The van der Waals surface area contributed by atoms with Gasteiger partial charge in [0, 0.05) is 36.2 Å². The highest BCUT2D eigenvalue weighted by atomic mass is 33.1. The summed E-state index contributed by atoms with van der Waals surface area (Å²) in [6, 6.07) is 9.53. The molecule has 0 heterocycles. The van der Waals surface area contributed by atoms with Crippen molar-refractivity contribution >= 4 is 21.6 Å². The van der Waals surface area contributed by atoms with Crippen LogP contribution in [0.15, 0.2) is 34.1 Å². The maximum absolute atomic E-state index is 9.84. The van der Waals surface area contributed by atoms with E-state index in [9.17, 15) is 10.2 Å². The van der Waals surface area contributed by atoms with E-state index < -0.39 is 0 Å². The van der Waals surface area contributed by atoms with Gasteiger partial charge in [-0.05, 0) is 93.6 Å². The second-order valence-electron chi connectivity index (χ2n) is 16.4. The molecule has 2 aromatic rings. The van der Waals surface area contributed by atoms with Crippen LogP contribution >= 0.6 is 21.6 Å². The van der Waals surface area contributed by atoms with Crippen molar-refractivity contribution in [1.29, 1.82) is 0 Å². The minimum Gasteiger partial charge on any atom is -0.396 e. The van der Waals surface area contributed by atoms with Gasteiger partial charge < -0.3 is 19.7 Å². The third kappa shape index (κ3) is 13.8. The monoisotopic (exact) mass is 674 g/mol. The van der Waals surface area contributed by atoms with E-state index in [0.29, 0.717) is 25.0 Å². The molecule has 2 aromatic carbocycles. The molecule has 0 spiro atoms.